The number of anilines is 1. The molecule has 1 N–H and O–H groups in total. The normalized spacial score (nSPS) is 18.3. The third kappa shape index (κ3) is 2.38. The van der Waals surface area contributed by atoms with Gasteiger partial charge in [0.2, 0.25) is 0 Å². The zero-order valence-corrected chi connectivity index (χ0v) is 12.5. The van der Waals surface area contributed by atoms with Crippen LogP contribution in [0.3, 0.4) is 0 Å². The van der Waals surface area contributed by atoms with E-state index >= 15 is 0 Å². The first-order valence-corrected chi connectivity index (χ1v) is 8.35. The summed E-state index contributed by atoms with van der Waals surface area (Å²) in [6.45, 7) is 1.91. The molecule has 5 heteroatoms. The van der Waals surface area contributed by atoms with E-state index in [0.29, 0.717) is 0 Å². The van der Waals surface area contributed by atoms with Gasteiger partial charge in [-0.05, 0) is 43.5 Å². The molecule has 0 aliphatic carbocycles. The highest BCUT2D eigenvalue weighted by molar-refractivity contribution is 7.92. The van der Waals surface area contributed by atoms with Crippen LogP contribution in [0, 0.1) is 0 Å². The minimum absolute atomic E-state index is 0.0472. The van der Waals surface area contributed by atoms with E-state index in [1.54, 1.807) is 6.07 Å². The molecule has 1 heterocycles. The number of para-hydroxylation sites is 1. The van der Waals surface area contributed by atoms with Crippen LogP contribution in [0.5, 0.6) is 5.75 Å². The maximum atomic E-state index is 12.9. The summed E-state index contributed by atoms with van der Waals surface area (Å²) in [7, 11) is -3.67. The fraction of sp³-hybridized carbons (Fsp3) is 0.250. The number of phenols is 1. The molecule has 2 aromatic rings. The smallest absolute Gasteiger partial charge is 0.264 e. The molecular formula is C16H17NO3S. The fourth-order valence-electron chi connectivity index (χ4n) is 2.78. The van der Waals surface area contributed by atoms with Gasteiger partial charge in [-0.2, -0.15) is 0 Å². The van der Waals surface area contributed by atoms with Crippen molar-refractivity contribution in [1.82, 2.24) is 0 Å². The van der Waals surface area contributed by atoms with Crippen LogP contribution in [-0.2, 0) is 16.4 Å². The predicted octanol–water partition coefficient (Wildman–Crippen LogP) is 2.92. The number of sulfonamides is 1. The van der Waals surface area contributed by atoms with Crippen LogP contribution in [0.15, 0.2) is 53.4 Å². The molecule has 0 amide bonds. The zero-order chi connectivity index (χ0) is 15.0. The van der Waals surface area contributed by atoms with E-state index in [1.807, 2.05) is 31.2 Å². The van der Waals surface area contributed by atoms with Crippen LogP contribution in [0.2, 0.25) is 0 Å². The third-order valence-electron chi connectivity index (χ3n) is 3.84. The summed E-state index contributed by atoms with van der Waals surface area (Å²) in [4.78, 5) is 0.117. The summed E-state index contributed by atoms with van der Waals surface area (Å²) in [6.07, 6.45) is 1.67. The van der Waals surface area contributed by atoms with E-state index in [2.05, 4.69) is 0 Å². The van der Waals surface area contributed by atoms with E-state index in [0.717, 1.165) is 24.1 Å². The van der Waals surface area contributed by atoms with Crippen molar-refractivity contribution in [1.29, 1.82) is 0 Å². The number of rotatable bonds is 2. The zero-order valence-electron chi connectivity index (χ0n) is 11.7. The van der Waals surface area contributed by atoms with Gasteiger partial charge in [0.25, 0.3) is 10.0 Å². The first-order valence-electron chi connectivity index (χ1n) is 6.91. The van der Waals surface area contributed by atoms with Crippen LogP contribution in [0.25, 0.3) is 0 Å². The van der Waals surface area contributed by atoms with Gasteiger partial charge in [0.1, 0.15) is 5.75 Å². The van der Waals surface area contributed by atoms with Crippen LogP contribution in [0.1, 0.15) is 18.9 Å². The summed E-state index contributed by atoms with van der Waals surface area (Å²) in [5.41, 5.74) is 1.78. The number of hydrogen-bond acceptors (Lipinski definition) is 3. The highest BCUT2D eigenvalue weighted by atomic mass is 32.2. The minimum Gasteiger partial charge on any atom is -0.508 e. The number of aromatic hydroxyl groups is 1. The Bertz CT molecular complexity index is 771. The summed E-state index contributed by atoms with van der Waals surface area (Å²) in [6, 6.07) is 13.3. The standard InChI is InChI=1S/C16H17NO3S/c1-12-9-10-13-5-2-3-8-16(13)17(12)21(19,20)15-7-4-6-14(18)11-15/h2-8,11-12,18H,9-10H2,1H3. The van der Waals surface area contributed by atoms with E-state index < -0.39 is 10.0 Å². The molecule has 3 rings (SSSR count). The number of phenolic OH excluding ortho intramolecular Hbond substituents is 1. The van der Waals surface area contributed by atoms with Crippen LogP contribution >= 0.6 is 0 Å². The molecule has 0 spiro atoms. The predicted molar refractivity (Wildman–Crippen MR) is 82.0 cm³/mol. The van der Waals surface area contributed by atoms with Gasteiger partial charge in [-0.1, -0.05) is 24.3 Å². The first kappa shape index (κ1) is 13.9. The van der Waals surface area contributed by atoms with Gasteiger partial charge in [0, 0.05) is 12.1 Å². The van der Waals surface area contributed by atoms with Gasteiger partial charge in [-0.15, -0.1) is 0 Å². The Labute approximate surface area is 124 Å². The molecule has 110 valence electrons. The monoisotopic (exact) mass is 303 g/mol. The Morgan fingerprint density at radius 3 is 2.67 bits per heavy atom. The lowest BCUT2D eigenvalue weighted by atomic mass is 9.99. The Morgan fingerprint density at radius 1 is 1.14 bits per heavy atom. The van der Waals surface area contributed by atoms with Crippen LogP contribution < -0.4 is 4.31 Å². The van der Waals surface area contributed by atoms with Gasteiger partial charge in [-0.3, -0.25) is 4.31 Å². The molecule has 0 bridgehead atoms. The van der Waals surface area contributed by atoms with Gasteiger partial charge >= 0.3 is 0 Å². The lowest BCUT2D eigenvalue weighted by molar-refractivity contribution is 0.473. The molecule has 0 saturated carbocycles. The lowest BCUT2D eigenvalue weighted by Crippen LogP contribution is -2.42. The topological polar surface area (TPSA) is 57.6 Å². The molecule has 0 fully saturated rings. The van der Waals surface area contributed by atoms with E-state index in [-0.39, 0.29) is 16.7 Å². The average molecular weight is 303 g/mol. The van der Waals surface area contributed by atoms with E-state index in [9.17, 15) is 13.5 Å². The Balaban J connectivity index is 2.15. The Morgan fingerprint density at radius 2 is 1.90 bits per heavy atom. The van der Waals surface area contributed by atoms with E-state index in [4.69, 9.17) is 0 Å². The summed E-state index contributed by atoms with van der Waals surface area (Å²) >= 11 is 0. The van der Waals surface area contributed by atoms with Crippen molar-refractivity contribution in [2.24, 2.45) is 0 Å². The second-order valence-electron chi connectivity index (χ2n) is 5.31. The molecule has 1 aliphatic rings. The number of aryl methyl sites for hydroxylation is 1. The van der Waals surface area contributed by atoms with Gasteiger partial charge in [-0.25, -0.2) is 8.42 Å². The number of nitrogens with zero attached hydrogens (tertiary/aromatic N) is 1. The molecule has 1 aliphatic heterocycles. The molecule has 1 unspecified atom stereocenters. The largest absolute Gasteiger partial charge is 0.508 e. The van der Waals surface area contributed by atoms with Crippen LogP contribution in [0.4, 0.5) is 5.69 Å². The minimum atomic E-state index is -3.67. The molecule has 0 aromatic heterocycles. The molecule has 0 saturated heterocycles. The van der Waals surface area contributed by atoms with E-state index in [1.165, 1.54) is 22.5 Å². The molecule has 21 heavy (non-hydrogen) atoms. The van der Waals surface area contributed by atoms with Crippen molar-refractivity contribution in [3.05, 3.63) is 54.1 Å². The SMILES string of the molecule is CC1CCc2ccccc2N1S(=O)(=O)c1cccc(O)c1. The second kappa shape index (κ2) is 5.07. The summed E-state index contributed by atoms with van der Waals surface area (Å²) in [5, 5.41) is 9.55. The van der Waals surface area contributed by atoms with Gasteiger partial charge in [0.15, 0.2) is 0 Å². The average Bonchev–Trinajstić information content (AvgIpc) is 2.46. The Kier molecular flexibility index (Phi) is 3.37. The highest BCUT2D eigenvalue weighted by Gasteiger charge is 2.33. The molecule has 4 nitrogen and oxygen atoms in total. The van der Waals surface area contributed by atoms with Crippen molar-refractivity contribution in [3.8, 4) is 5.75 Å². The maximum absolute atomic E-state index is 12.9. The lowest BCUT2D eigenvalue weighted by Gasteiger charge is -2.36. The van der Waals surface area contributed by atoms with Crippen molar-refractivity contribution >= 4 is 15.7 Å². The molecule has 1 atom stereocenters. The van der Waals surface area contributed by atoms with Crippen molar-refractivity contribution in [2.45, 2.75) is 30.7 Å². The summed E-state index contributed by atoms with van der Waals surface area (Å²) < 4.78 is 27.3. The second-order valence-corrected chi connectivity index (χ2v) is 7.13. The Hall–Kier alpha value is -2.01. The highest BCUT2D eigenvalue weighted by Crippen LogP contribution is 2.35. The quantitative estimate of drug-likeness (QED) is 0.928. The number of benzene rings is 2. The maximum Gasteiger partial charge on any atom is 0.264 e. The summed E-state index contributed by atoms with van der Waals surface area (Å²) in [5.74, 6) is -0.0472. The third-order valence-corrected chi connectivity index (χ3v) is 5.76. The van der Waals surface area contributed by atoms with Crippen molar-refractivity contribution in [2.75, 3.05) is 4.31 Å². The number of fused-ring (bicyclic) bond motifs is 1. The van der Waals surface area contributed by atoms with Crippen LogP contribution in [-0.4, -0.2) is 19.6 Å². The van der Waals surface area contributed by atoms with Crippen molar-refractivity contribution in [3.63, 3.8) is 0 Å². The molecular weight excluding hydrogens is 286 g/mol. The van der Waals surface area contributed by atoms with Gasteiger partial charge < -0.3 is 5.11 Å². The molecule has 2 aromatic carbocycles. The number of hydrogen-bond donors (Lipinski definition) is 1. The fourth-order valence-corrected chi connectivity index (χ4v) is 4.54. The van der Waals surface area contributed by atoms with Gasteiger partial charge in [0.05, 0.1) is 10.6 Å². The van der Waals surface area contributed by atoms with Crippen molar-refractivity contribution < 1.29 is 13.5 Å². The molecule has 0 radical (unpaired) electrons. The first-order chi connectivity index (χ1) is 10.00.